The highest BCUT2D eigenvalue weighted by Crippen LogP contribution is 2.38. The predicted molar refractivity (Wildman–Crippen MR) is 134 cm³/mol. The van der Waals surface area contributed by atoms with Gasteiger partial charge in [-0.2, -0.15) is 9.97 Å². The number of nitrogens with zero attached hydrogens (tertiary/aromatic N) is 3. The second-order valence-corrected chi connectivity index (χ2v) is 8.93. The fourth-order valence-electron chi connectivity index (χ4n) is 3.92. The summed E-state index contributed by atoms with van der Waals surface area (Å²) in [6.45, 7) is 0. The van der Waals surface area contributed by atoms with E-state index in [0.717, 1.165) is 11.1 Å². The first-order chi connectivity index (χ1) is 15.7. The first kappa shape index (κ1) is 19.1. The molecule has 0 atom stereocenters. The molecule has 0 aliphatic heterocycles. The molecule has 6 rings (SSSR count). The smallest absolute Gasteiger partial charge is 0.208 e. The number of thiophene rings is 1. The van der Waals surface area contributed by atoms with Gasteiger partial charge in [0.05, 0.1) is 0 Å². The third kappa shape index (κ3) is 3.44. The lowest BCUT2D eigenvalue weighted by Crippen LogP contribution is -1.96. The van der Waals surface area contributed by atoms with Crippen molar-refractivity contribution in [1.29, 1.82) is 0 Å². The summed E-state index contributed by atoms with van der Waals surface area (Å²) in [5.41, 5.74) is 4.28. The lowest BCUT2D eigenvalue weighted by Gasteiger charge is -2.05. The van der Waals surface area contributed by atoms with Gasteiger partial charge in [-0.1, -0.05) is 84.9 Å². The van der Waals surface area contributed by atoms with Crippen LogP contribution in [0.4, 0.5) is 0 Å². The van der Waals surface area contributed by atoms with Crippen molar-refractivity contribution < 1.29 is 0 Å². The molecule has 0 bridgehead atoms. The molecular formula is C27H16ClN3S. The van der Waals surface area contributed by atoms with E-state index in [-0.39, 0.29) is 5.28 Å². The quantitative estimate of drug-likeness (QED) is 0.275. The number of hydrogen-bond acceptors (Lipinski definition) is 4. The summed E-state index contributed by atoms with van der Waals surface area (Å²) in [7, 11) is 0. The molecule has 4 aromatic carbocycles. The highest BCUT2D eigenvalue weighted by molar-refractivity contribution is 7.25. The molecule has 0 radical (unpaired) electrons. The van der Waals surface area contributed by atoms with Gasteiger partial charge in [0.25, 0.3) is 0 Å². The number of rotatable bonds is 3. The molecule has 0 unspecified atom stereocenters. The van der Waals surface area contributed by atoms with Crippen LogP contribution < -0.4 is 0 Å². The van der Waals surface area contributed by atoms with Crippen LogP contribution in [0.3, 0.4) is 0 Å². The molecule has 0 saturated heterocycles. The molecule has 2 heterocycles. The van der Waals surface area contributed by atoms with Crippen LogP contribution in [0.25, 0.3) is 54.1 Å². The molecule has 0 aliphatic rings. The van der Waals surface area contributed by atoms with Gasteiger partial charge >= 0.3 is 0 Å². The van der Waals surface area contributed by atoms with Crippen molar-refractivity contribution in [3.63, 3.8) is 0 Å². The first-order valence-corrected chi connectivity index (χ1v) is 11.4. The molecule has 0 N–H and O–H groups in total. The van der Waals surface area contributed by atoms with Crippen molar-refractivity contribution in [2.24, 2.45) is 0 Å². The maximum atomic E-state index is 6.25. The van der Waals surface area contributed by atoms with Crippen LogP contribution >= 0.6 is 22.9 Å². The van der Waals surface area contributed by atoms with Crippen molar-refractivity contribution in [2.75, 3.05) is 0 Å². The summed E-state index contributed by atoms with van der Waals surface area (Å²) < 4.78 is 2.46. The number of halogens is 1. The zero-order chi connectivity index (χ0) is 21.5. The number of fused-ring (bicyclic) bond motifs is 3. The van der Waals surface area contributed by atoms with Gasteiger partial charge < -0.3 is 0 Å². The average molecular weight is 450 g/mol. The van der Waals surface area contributed by atoms with E-state index in [1.54, 1.807) is 11.3 Å². The van der Waals surface area contributed by atoms with E-state index in [4.69, 9.17) is 11.6 Å². The Morgan fingerprint density at radius 3 is 1.69 bits per heavy atom. The number of aromatic nitrogens is 3. The Bertz CT molecular complexity index is 1580. The van der Waals surface area contributed by atoms with E-state index in [9.17, 15) is 0 Å². The Kier molecular flexibility index (Phi) is 4.67. The van der Waals surface area contributed by atoms with Crippen molar-refractivity contribution >= 4 is 43.1 Å². The third-order valence-electron chi connectivity index (χ3n) is 5.48. The molecule has 5 heteroatoms. The van der Waals surface area contributed by atoms with Crippen molar-refractivity contribution in [3.05, 3.63) is 102 Å². The Labute approximate surface area is 194 Å². The first-order valence-electron chi connectivity index (χ1n) is 10.2. The monoisotopic (exact) mass is 449 g/mol. The van der Waals surface area contributed by atoms with E-state index in [1.165, 1.54) is 31.3 Å². The minimum Gasteiger partial charge on any atom is -0.208 e. The maximum Gasteiger partial charge on any atom is 0.226 e. The highest BCUT2D eigenvalue weighted by atomic mass is 35.5. The molecule has 3 nitrogen and oxygen atoms in total. The van der Waals surface area contributed by atoms with Crippen LogP contribution in [0, 0.1) is 0 Å². The zero-order valence-electron chi connectivity index (χ0n) is 16.9. The number of benzene rings is 4. The summed E-state index contributed by atoms with van der Waals surface area (Å²) in [5.74, 6) is 1.15. The Hall–Kier alpha value is -3.60. The summed E-state index contributed by atoms with van der Waals surface area (Å²) >= 11 is 8.03. The molecule has 0 saturated carbocycles. The second kappa shape index (κ2) is 7.83. The predicted octanol–water partition coefficient (Wildman–Crippen LogP) is 7.89. The van der Waals surface area contributed by atoms with Gasteiger partial charge in [0, 0.05) is 31.3 Å². The van der Waals surface area contributed by atoms with Gasteiger partial charge in [-0.3, -0.25) is 0 Å². The average Bonchev–Trinajstić information content (AvgIpc) is 3.22. The SMILES string of the molecule is Clc1nc(-c2ccccc2)nc(-c2ccc3c(c2)sc2cc(-c4ccccc4)ccc23)n1. The molecule has 152 valence electrons. The topological polar surface area (TPSA) is 38.7 Å². The van der Waals surface area contributed by atoms with E-state index in [1.807, 2.05) is 36.4 Å². The molecule has 6 aromatic rings. The molecule has 0 amide bonds. The van der Waals surface area contributed by atoms with Crippen LogP contribution in [0.5, 0.6) is 0 Å². The Balaban J connectivity index is 1.46. The fourth-order valence-corrected chi connectivity index (χ4v) is 5.27. The highest BCUT2D eigenvalue weighted by Gasteiger charge is 2.12. The molecular weight excluding hydrogens is 434 g/mol. The summed E-state index contributed by atoms with van der Waals surface area (Å²) in [6, 6.07) is 33.3. The fraction of sp³-hybridized carbons (Fsp3) is 0. The van der Waals surface area contributed by atoms with E-state index in [2.05, 4.69) is 75.6 Å². The van der Waals surface area contributed by atoms with E-state index in [0.29, 0.717) is 11.6 Å². The standard InChI is InChI=1S/C27H16ClN3S/c28-27-30-25(18-9-5-2-6-10-18)29-26(31-27)20-12-14-22-21-13-11-19(17-7-3-1-4-8-17)15-23(21)32-24(22)16-20/h1-16H. The normalized spacial score (nSPS) is 11.3. The van der Waals surface area contributed by atoms with Gasteiger partial charge in [-0.25, -0.2) is 4.98 Å². The van der Waals surface area contributed by atoms with Crippen molar-refractivity contribution in [1.82, 2.24) is 15.0 Å². The van der Waals surface area contributed by atoms with Crippen LogP contribution in [-0.4, -0.2) is 15.0 Å². The second-order valence-electron chi connectivity index (χ2n) is 7.51. The molecule has 0 aliphatic carbocycles. The molecule has 2 aromatic heterocycles. The molecule has 32 heavy (non-hydrogen) atoms. The van der Waals surface area contributed by atoms with Gasteiger partial charge in [0.1, 0.15) is 0 Å². The van der Waals surface area contributed by atoms with Crippen LogP contribution in [0.1, 0.15) is 0 Å². The molecule has 0 fully saturated rings. The van der Waals surface area contributed by atoms with E-state index >= 15 is 0 Å². The van der Waals surface area contributed by atoms with E-state index < -0.39 is 0 Å². The summed E-state index contributed by atoms with van der Waals surface area (Å²) in [4.78, 5) is 13.4. The van der Waals surface area contributed by atoms with Gasteiger partial charge in [0.2, 0.25) is 5.28 Å². The van der Waals surface area contributed by atoms with Crippen LogP contribution in [0.15, 0.2) is 97.1 Å². The largest absolute Gasteiger partial charge is 0.226 e. The Morgan fingerprint density at radius 1 is 0.500 bits per heavy atom. The van der Waals surface area contributed by atoms with Gasteiger partial charge in [0.15, 0.2) is 11.6 Å². The van der Waals surface area contributed by atoms with Crippen LogP contribution in [-0.2, 0) is 0 Å². The summed E-state index contributed by atoms with van der Waals surface area (Å²) in [6.07, 6.45) is 0. The van der Waals surface area contributed by atoms with Gasteiger partial charge in [-0.15, -0.1) is 11.3 Å². The van der Waals surface area contributed by atoms with Crippen molar-refractivity contribution in [3.8, 4) is 33.9 Å². The third-order valence-corrected chi connectivity index (χ3v) is 6.76. The Morgan fingerprint density at radius 2 is 1.03 bits per heavy atom. The molecule has 0 spiro atoms. The van der Waals surface area contributed by atoms with Crippen molar-refractivity contribution in [2.45, 2.75) is 0 Å². The lowest BCUT2D eigenvalue weighted by molar-refractivity contribution is 1.07. The zero-order valence-corrected chi connectivity index (χ0v) is 18.4. The maximum absolute atomic E-state index is 6.25. The van der Waals surface area contributed by atoms with Crippen LogP contribution in [0.2, 0.25) is 5.28 Å². The van der Waals surface area contributed by atoms with Gasteiger partial charge in [-0.05, 0) is 34.9 Å². The minimum atomic E-state index is 0.192. The number of hydrogen-bond donors (Lipinski definition) is 0. The minimum absolute atomic E-state index is 0.192. The summed E-state index contributed by atoms with van der Waals surface area (Å²) in [5, 5.41) is 2.68. The lowest BCUT2D eigenvalue weighted by atomic mass is 10.0.